The van der Waals surface area contributed by atoms with Crippen LogP contribution in [0.4, 0.5) is 10.1 Å². The van der Waals surface area contributed by atoms with Crippen molar-refractivity contribution >= 4 is 23.2 Å². The predicted octanol–water partition coefficient (Wildman–Crippen LogP) is 3.29. The molecule has 0 saturated heterocycles. The molecule has 23 heavy (non-hydrogen) atoms. The van der Waals surface area contributed by atoms with E-state index in [9.17, 15) is 4.39 Å². The van der Waals surface area contributed by atoms with Crippen molar-refractivity contribution in [2.75, 3.05) is 12.4 Å². The number of nitrogens with two attached hydrogens (primary N) is 1. The average molecular weight is 333 g/mol. The van der Waals surface area contributed by atoms with Crippen LogP contribution in [-0.2, 0) is 6.54 Å². The van der Waals surface area contributed by atoms with Crippen LogP contribution in [0, 0.1) is 17.1 Å². The number of guanidine groups is 1. The number of nitriles is 1. The summed E-state index contributed by atoms with van der Waals surface area (Å²) in [6.45, 7) is 0.0179. The first-order valence-electron chi connectivity index (χ1n) is 6.62. The summed E-state index contributed by atoms with van der Waals surface area (Å²) in [5, 5.41) is 12.1. The van der Waals surface area contributed by atoms with Gasteiger partial charge in [-0.05, 0) is 36.4 Å². The van der Waals surface area contributed by atoms with E-state index in [2.05, 4.69) is 10.3 Å². The molecule has 0 unspecified atom stereocenters. The summed E-state index contributed by atoms with van der Waals surface area (Å²) in [6.07, 6.45) is 0. The first kappa shape index (κ1) is 16.6. The summed E-state index contributed by atoms with van der Waals surface area (Å²) in [6, 6.07) is 11.1. The van der Waals surface area contributed by atoms with E-state index in [1.807, 2.05) is 6.07 Å². The molecule has 0 amide bonds. The second-order valence-electron chi connectivity index (χ2n) is 4.59. The van der Waals surface area contributed by atoms with E-state index < -0.39 is 5.82 Å². The van der Waals surface area contributed by atoms with Gasteiger partial charge in [-0.2, -0.15) is 5.26 Å². The van der Waals surface area contributed by atoms with Gasteiger partial charge in [0.15, 0.2) is 5.96 Å². The van der Waals surface area contributed by atoms with Crippen molar-refractivity contribution in [1.29, 1.82) is 5.26 Å². The quantitative estimate of drug-likeness (QED) is 0.664. The number of benzene rings is 2. The smallest absolute Gasteiger partial charge is 0.193 e. The third-order valence-corrected chi connectivity index (χ3v) is 3.31. The lowest BCUT2D eigenvalue weighted by molar-refractivity contribution is 0.415. The van der Waals surface area contributed by atoms with Crippen LogP contribution in [0.3, 0.4) is 0 Å². The highest BCUT2D eigenvalue weighted by atomic mass is 35.5. The van der Waals surface area contributed by atoms with Crippen molar-refractivity contribution in [2.45, 2.75) is 6.54 Å². The topological polar surface area (TPSA) is 83.4 Å². The Morgan fingerprint density at radius 3 is 2.83 bits per heavy atom. The minimum absolute atomic E-state index is 0.0179. The molecular formula is C16H14ClFN4O. The monoisotopic (exact) mass is 332 g/mol. The number of hydrogen-bond donors (Lipinski definition) is 2. The van der Waals surface area contributed by atoms with E-state index in [1.165, 1.54) is 25.3 Å². The zero-order valence-electron chi connectivity index (χ0n) is 12.3. The van der Waals surface area contributed by atoms with E-state index in [4.69, 9.17) is 27.3 Å². The van der Waals surface area contributed by atoms with Gasteiger partial charge < -0.3 is 15.8 Å². The largest absolute Gasteiger partial charge is 0.495 e. The van der Waals surface area contributed by atoms with Gasteiger partial charge in [0.1, 0.15) is 11.6 Å². The zero-order valence-corrected chi connectivity index (χ0v) is 13.1. The molecule has 7 heteroatoms. The summed E-state index contributed by atoms with van der Waals surface area (Å²) >= 11 is 6.01. The summed E-state index contributed by atoms with van der Waals surface area (Å²) < 4.78 is 18.7. The lowest BCUT2D eigenvalue weighted by atomic mass is 10.1. The Labute approximate surface area is 138 Å². The molecular weight excluding hydrogens is 319 g/mol. The minimum atomic E-state index is -0.437. The molecule has 0 fully saturated rings. The highest BCUT2D eigenvalue weighted by Crippen LogP contribution is 2.27. The number of methoxy groups -OCH3 is 1. The molecule has 0 saturated carbocycles. The Bertz CT molecular complexity index is 786. The van der Waals surface area contributed by atoms with Crippen LogP contribution in [0.5, 0.6) is 5.75 Å². The highest BCUT2D eigenvalue weighted by Gasteiger charge is 2.05. The number of hydrogen-bond acceptors (Lipinski definition) is 3. The lowest BCUT2D eigenvalue weighted by Gasteiger charge is -2.08. The van der Waals surface area contributed by atoms with Gasteiger partial charge in [0, 0.05) is 11.3 Å². The molecule has 2 aromatic rings. The molecule has 0 aliphatic heterocycles. The third kappa shape index (κ3) is 4.34. The van der Waals surface area contributed by atoms with Crippen molar-refractivity contribution in [2.24, 2.45) is 10.7 Å². The lowest BCUT2D eigenvalue weighted by Crippen LogP contribution is -2.22. The number of aliphatic imine (C=N–C) groups is 1. The summed E-state index contributed by atoms with van der Waals surface area (Å²) in [4.78, 5) is 4.06. The average Bonchev–Trinajstić information content (AvgIpc) is 2.54. The zero-order chi connectivity index (χ0) is 16.8. The van der Waals surface area contributed by atoms with Crippen LogP contribution in [0.25, 0.3) is 0 Å². The van der Waals surface area contributed by atoms with Gasteiger partial charge >= 0.3 is 0 Å². The summed E-state index contributed by atoms with van der Waals surface area (Å²) in [5.41, 5.74) is 7.06. The van der Waals surface area contributed by atoms with E-state index in [1.54, 1.807) is 18.2 Å². The highest BCUT2D eigenvalue weighted by molar-refractivity contribution is 6.32. The maximum absolute atomic E-state index is 13.6. The van der Waals surface area contributed by atoms with Crippen LogP contribution in [-0.4, -0.2) is 13.1 Å². The van der Waals surface area contributed by atoms with Gasteiger partial charge in [-0.3, -0.25) is 0 Å². The Kier molecular flexibility index (Phi) is 5.39. The first-order chi connectivity index (χ1) is 11.0. The van der Waals surface area contributed by atoms with Crippen LogP contribution in [0.15, 0.2) is 41.4 Å². The Morgan fingerprint density at radius 1 is 1.39 bits per heavy atom. The molecule has 2 aromatic carbocycles. The first-order valence-corrected chi connectivity index (χ1v) is 7.00. The second-order valence-corrected chi connectivity index (χ2v) is 5.00. The molecule has 0 radical (unpaired) electrons. The van der Waals surface area contributed by atoms with Crippen molar-refractivity contribution < 1.29 is 9.13 Å². The van der Waals surface area contributed by atoms with Crippen LogP contribution >= 0.6 is 11.6 Å². The molecule has 0 aliphatic carbocycles. The fraction of sp³-hybridized carbons (Fsp3) is 0.125. The Balaban J connectivity index is 2.09. The molecule has 0 spiro atoms. The standard InChI is InChI=1S/C16H14ClFN4O/c1-23-15-5-3-12(7-13(15)17)22-16(20)21-9-11-6-10(8-19)2-4-14(11)18/h2-7H,9H2,1H3,(H3,20,21,22). The van der Waals surface area contributed by atoms with Crippen LogP contribution in [0.2, 0.25) is 5.02 Å². The maximum Gasteiger partial charge on any atom is 0.193 e. The SMILES string of the molecule is COc1ccc(NC(N)=NCc2cc(C#N)ccc2F)cc1Cl. The van der Waals surface area contributed by atoms with Crippen LogP contribution in [0.1, 0.15) is 11.1 Å². The van der Waals surface area contributed by atoms with Gasteiger partial charge in [-0.15, -0.1) is 0 Å². The molecule has 118 valence electrons. The Morgan fingerprint density at radius 2 is 2.17 bits per heavy atom. The number of nitrogens with one attached hydrogen (secondary N) is 1. The van der Waals surface area contributed by atoms with Crippen molar-refractivity contribution in [3.63, 3.8) is 0 Å². The number of halogens is 2. The van der Waals surface area contributed by atoms with E-state index in [0.29, 0.717) is 27.6 Å². The molecule has 0 aromatic heterocycles. The van der Waals surface area contributed by atoms with Crippen LogP contribution < -0.4 is 15.8 Å². The minimum Gasteiger partial charge on any atom is -0.495 e. The van der Waals surface area contributed by atoms with Gasteiger partial charge in [0.05, 0.1) is 30.3 Å². The van der Waals surface area contributed by atoms with Gasteiger partial charge in [0.2, 0.25) is 0 Å². The normalized spacial score (nSPS) is 11.0. The van der Waals surface area contributed by atoms with Gasteiger partial charge in [-0.1, -0.05) is 11.6 Å². The molecule has 0 aliphatic rings. The molecule has 5 nitrogen and oxygen atoms in total. The van der Waals surface area contributed by atoms with E-state index in [0.717, 1.165) is 0 Å². The Hall–Kier alpha value is -2.78. The number of anilines is 1. The fourth-order valence-electron chi connectivity index (χ4n) is 1.87. The second kappa shape index (κ2) is 7.47. The van der Waals surface area contributed by atoms with Crippen molar-refractivity contribution in [3.05, 3.63) is 58.4 Å². The number of nitrogens with zero attached hydrogens (tertiary/aromatic N) is 2. The predicted molar refractivity (Wildman–Crippen MR) is 88.1 cm³/mol. The number of rotatable bonds is 4. The maximum atomic E-state index is 13.6. The van der Waals surface area contributed by atoms with E-state index >= 15 is 0 Å². The fourth-order valence-corrected chi connectivity index (χ4v) is 2.13. The van der Waals surface area contributed by atoms with Crippen molar-refractivity contribution in [1.82, 2.24) is 0 Å². The third-order valence-electron chi connectivity index (χ3n) is 3.02. The molecule has 0 bridgehead atoms. The molecule has 0 heterocycles. The van der Waals surface area contributed by atoms with Crippen molar-refractivity contribution in [3.8, 4) is 11.8 Å². The van der Waals surface area contributed by atoms with Gasteiger partial charge in [0.25, 0.3) is 0 Å². The number of ether oxygens (including phenoxy) is 1. The molecule has 3 N–H and O–H groups in total. The summed E-state index contributed by atoms with van der Waals surface area (Å²) in [7, 11) is 1.52. The molecule has 2 rings (SSSR count). The van der Waals surface area contributed by atoms with Gasteiger partial charge in [-0.25, -0.2) is 9.38 Å². The molecule has 0 atom stereocenters. The summed E-state index contributed by atoms with van der Waals surface area (Å²) in [5.74, 6) is 0.212. The van der Waals surface area contributed by atoms with E-state index in [-0.39, 0.29) is 12.5 Å².